The third-order valence-electron chi connectivity index (χ3n) is 2.67. The van der Waals surface area contributed by atoms with Gasteiger partial charge in [0, 0.05) is 10.5 Å². The van der Waals surface area contributed by atoms with Crippen molar-refractivity contribution in [2.24, 2.45) is 0 Å². The van der Waals surface area contributed by atoms with E-state index >= 15 is 0 Å². The van der Waals surface area contributed by atoms with Crippen molar-refractivity contribution in [3.05, 3.63) is 58.6 Å². The first-order valence-corrected chi connectivity index (χ1v) is 7.04. The zero-order valence-corrected chi connectivity index (χ0v) is 12.8. The molecule has 0 aliphatic rings. The molecule has 0 heterocycles. The summed E-state index contributed by atoms with van der Waals surface area (Å²) in [7, 11) is 0. The number of para-hydroxylation sites is 1. The second-order valence-corrected chi connectivity index (χ2v) is 5.23. The van der Waals surface area contributed by atoms with E-state index in [0.717, 1.165) is 12.1 Å². The largest absolute Gasteiger partial charge is 0.325 e. The van der Waals surface area contributed by atoms with Crippen LogP contribution in [0.15, 0.2) is 46.9 Å². The van der Waals surface area contributed by atoms with Crippen molar-refractivity contribution in [1.29, 1.82) is 0 Å². The van der Waals surface area contributed by atoms with Gasteiger partial charge < -0.3 is 10.6 Å². The summed E-state index contributed by atoms with van der Waals surface area (Å²) in [6, 6.07) is 9.67. The molecule has 0 spiro atoms. The van der Waals surface area contributed by atoms with Crippen LogP contribution in [-0.4, -0.2) is 11.8 Å². The van der Waals surface area contributed by atoms with E-state index in [1.54, 1.807) is 24.3 Å². The lowest BCUT2D eigenvalue weighted by atomic mass is 10.2. The Bertz CT molecular complexity index is 722. The van der Waals surface area contributed by atoms with Crippen LogP contribution in [0.4, 0.5) is 20.2 Å². The summed E-state index contributed by atoms with van der Waals surface area (Å²) in [6.45, 7) is 0. The van der Waals surface area contributed by atoms with Gasteiger partial charge in [-0.05, 0) is 40.2 Å². The SMILES string of the molecule is O=C(CC(=O)Nc1ccccc1Br)Nc1ccc(F)cc1F. The molecule has 0 bridgehead atoms. The smallest absolute Gasteiger partial charge is 0.233 e. The molecule has 2 N–H and O–H groups in total. The first kappa shape index (κ1) is 16.1. The minimum Gasteiger partial charge on any atom is -0.325 e. The van der Waals surface area contributed by atoms with Crippen LogP contribution in [0.3, 0.4) is 0 Å². The molecule has 0 saturated heterocycles. The molecule has 0 aliphatic heterocycles. The van der Waals surface area contributed by atoms with Crippen molar-refractivity contribution in [2.75, 3.05) is 10.6 Å². The number of hydrogen-bond donors (Lipinski definition) is 2. The Morgan fingerprint density at radius 2 is 1.59 bits per heavy atom. The molecule has 7 heteroatoms. The summed E-state index contributed by atoms with van der Waals surface area (Å²) in [5.74, 6) is -2.90. The van der Waals surface area contributed by atoms with E-state index in [1.165, 1.54) is 0 Å². The number of carbonyl (C=O) groups excluding carboxylic acids is 2. The van der Waals surface area contributed by atoms with Gasteiger partial charge in [0.1, 0.15) is 18.1 Å². The Hall–Kier alpha value is -2.28. The number of nitrogens with one attached hydrogen (secondary N) is 2. The summed E-state index contributed by atoms with van der Waals surface area (Å²) in [4.78, 5) is 23.4. The molecule has 0 aliphatic carbocycles. The van der Waals surface area contributed by atoms with Crippen LogP contribution >= 0.6 is 15.9 Å². The van der Waals surface area contributed by atoms with Gasteiger partial charge in [0.25, 0.3) is 0 Å². The highest BCUT2D eigenvalue weighted by Gasteiger charge is 2.13. The summed E-state index contributed by atoms with van der Waals surface area (Å²) in [5, 5.41) is 4.77. The van der Waals surface area contributed by atoms with Gasteiger partial charge in [-0.3, -0.25) is 9.59 Å². The van der Waals surface area contributed by atoms with Gasteiger partial charge >= 0.3 is 0 Å². The van der Waals surface area contributed by atoms with Gasteiger partial charge in [0.05, 0.1) is 11.4 Å². The molecule has 22 heavy (non-hydrogen) atoms. The highest BCUT2D eigenvalue weighted by molar-refractivity contribution is 9.10. The van der Waals surface area contributed by atoms with Gasteiger partial charge in [-0.1, -0.05) is 12.1 Å². The van der Waals surface area contributed by atoms with Gasteiger partial charge in [0.2, 0.25) is 11.8 Å². The van der Waals surface area contributed by atoms with Crippen molar-refractivity contribution in [2.45, 2.75) is 6.42 Å². The topological polar surface area (TPSA) is 58.2 Å². The van der Waals surface area contributed by atoms with Crippen LogP contribution in [-0.2, 0) is 9.59 Å². The van der Waals surface area contributed by atoms with Crippen LogP contribution in [0.25, 0.3) is 0 Å². The molecule has 2 rings (SSSR count). The second-order valence-electron chi connectivity index (χ2n) is 4.38. The molecule has 0 atom stereocenters. The monoisotopic (exact) mass is 368 g/mol. The number of rotatable bonds is 4. The molecular formula is C15H11BrF2N2O2. The Kier molecular flexibility index (Phi) is 5.21. The van der Waals surface area contributed by atoms with E-state index in [-0.39, 0.29) is 5.69 Å². The highest BCUT2D eigenvalue weighted by Crippen LogP contribution is 2.21. The Labute approximate surface area is 133 Å². The zero-order valence-electron chi connectivity index (χ0n) is 11.2. The number of hydrogen-bond acceptors (Lipinski definition) is 2. The van der Waals surface area contributed by atoms with Crippen molar-refractivity contribution in [3.8, 4) is 0 Å². The van der Waals surface area contributed by atoms with E-state index in [4.69, 9.17) is 0 Å². The molecule has 4 nitrogen and oxygen atoms in total. The van der Waals surface area contributed by atoms with E-state index in [0.29, 0.717) is 16.2 Å². The van der Waals surface area contributed by atoms with Crippen LogP contribution in [0.2, 0.25) is 0 Å². The minimum atomic E-state index is -0.903. The molecule has 2 aromatic carbocycles. The number of benzene rings is 2. The van der Waals surface area contributed by atoms with E-state index in [1.807, 2.05) is 0 Å². The van der Waals surface area contributed by atoms with Crippen LogP contribution in [0, 0.1) is 11.6 Å². The van der Waals surface area contributed by atoms with Gasteiger partial charge in [-0.2, -0.15) is 0 Å². The van der Waals surface area contributed by atoms with Gasteiger partial charge in [-0.25, -0.2) is 8.78 Å². The molecule has 0 radical (unpaired) electrons. The third-order valence-corrected chi connectivity index (χ3v) is 3.37. The number of halogens is 3. The summed E-state index contributed by atoms with van der Waals surface area (Å²) in [6.07, 6.45) is -0.488. The molecule has 2 aromatic rings. The van der Waals surface area contributed by atoms with Gasteiger partial charge in [0.15, 0.2) is 0 Å². The summed E-state index contributed by atoms with van der Waals surface area (Å²) < 4.78 is 26.8. The molecule has 2 amide bonds. The second kappa shape index (κ2) is 7.13. The Balaban J connectivity index is 1.94. The maximum Gasteiger partial charge on any atom is 0.233 e. The van der Waals surface area contributed by atoms with Crippen molar-refractivity contribution in [3.63, 3.8) is 0 Å². The van der Waals surface area contributed by atoms with E-state index in [9.17, 15) is 18.4 Å². The fourth-order valence-electron chi connectivity index (χ4n) is 1.69. The first-order chi connectivity index (χ1) is 10.5. The third kappa shape index (κ3) is 4.36. The average Bonchev–Trinajstić information content (AvgIpc) is 2.44. The van der Waals surface area contributed by atoms with E-state index < -0.39 is 29.9 Å². The lowest BCUT2D eigenvalue weighted by Gasteiger charge is -2.08. The predicted molar refractivity (Wildman–Crippen MR) is 82.4 cm³/mol. The summed E-state index contributed by atoms with van der Waals surface area (Å²) in [5.41, 5.74) is 0.341. The molecular weight excluding hydrogens is 358 g/mol. The van der Waals surface area contributed by atoms with Gasteiger partial charge in [-0.15, -0.1) is 0 Å². The lowest BCUT2D eigenvalue weighted by molar-refractivity contribution is -0.123. The number of anilines is 2. The normalized spacial score (nSPS) is 10.1. The first-order valence-electron chi connectivity index (χ1n) is 6.25. The fourth-order valence-corrected chi connectivity index (χ4v) is 2.07. The quantitative estimate of drug-likeness (QED) is 0.808. The van der Waals surface area contributed by atoms with E-state index in [2.05, 4.69) is 26.6 Å². The van der Waals surface area contributed by atoms with Crippen LogP contribution in [0.1, 0.15) is 6.42 Å². The molecule has 0 aromatic heterocycles. The fraction of sp³-hybridized carbons (Fsp3) is 0.0667. The predicted octanol–water partition coefficient (Wildman–Crippen LogP) is 3.69. The maximum atomic E-state index is 13.4. The Morgan fingerprint density at radius 3 is 2.23 bits per heavy atom. The maximum absolute atomic E-state index is 13.4. The molecule has 0 saturated carbocycles. The minimum absolute atomic E-state index is 0.180. The number of carbonyl (C=O) groups is 2. The lowest BCUT2D eigenvalue weighted by Crippen LogP contribution is -2.22. The molecule has 114 valence electrons. The zero-order chi connectivity index (χ0) is 16.1. The average molecular weight is 369 g/mol. The van der Waals surface area contributed by atoms with Crippen molar-refractivity contribution in [1.82, 2.24) is 0 Å². The van der Waals surface area contributed by atoms with Crippen molar-refractivity contribution < 1.29 is 18.4 Å². The standard InChI is InChI=1S/C15H11BrF2N2O2/c16-10-3-1-2-4-12(10)19-14(21)8-15(22)20-13-6-5-9(17)7-11(13)18/h1-7H,8H2,(H,19,21)(H,20,22). The van der Waals surface area contributed by atoms with Crippen LogP contribution < -0.4 is 10.6 Å². The number of amides is 2. The Morgan fingerprint density at radius 1 is 0.955 bits per heavy atom. The summed E-state index contributed by atoms with van der Waals surface area (Å²) >= 11 is 3.26. The highest BCUT2D eigenvalue weighted by atomic mass is 79.9. The van der Waals surface area contributed by atoms with Crippen molar-refractivity contribution >= 4 is 39.1 Å². The van der Waals surface area contributed by atoms with Crippen LogP contribution in [0.5, 0.6) is 0 Å². The molecule has 0 unspecified atom stereocenters. The molecule has 0 fully saturated rings.